The average molecular weight is 733 g/mol. The smallest absolute Gasteiger partial charge is 0.490 e. The van der Waals surface area contributed by atoms with Crippen LogP contribution in [0.3, 0.4) is 0 Å². The van der Waals surface area contributed by atoms with Crippen LogP contribution in [0, 0.1) is 15.5 Å². The number of phosphoric acid groups is 3. The zero-order valence-corrected chi connectivity index (χ0v) is 27.9. The minimum Gasteiger partial charge on any atom is -0.494 e. The molecule has 1 aliphatic rings. The Morgan fingerprint density at radius 1 is 1.13 bits per heavy atom. The molecule has 1 aromatic carbocycles. The molecule has 1 fully saturated rings. The number of aliphatic hydroxyl groups excluding tert-OH is 1. The van der Waals surface area contributed by atoms with Crippen molar-refractivity contribution in [3.63, 3.8) is 0 Å². The van der Waals surface area contributed by atoms with Crippen LogP contribution >= 0.6 is 23.5 Å². The molecule has 0 aliphatic carbocycles. The molecule has 6 atom stereocenters. The van der Waals surface area contributed by atoms with Crippen LogP contribution in [0.15, 0.2) is 34.0 Å². The largest absolute Gasteiger partial charge is 0.494 e. The molecule has 3 rings (SSSR count). The highest BCUT2D eigenvalue weighted by molar-refractivity contribution is 7.66. The van der Waals surface area contributed by atoms with Crippen LogP contribution in [0.5, 0.6) is 5.75 Å². The van der Waals surface area contributed by atoms with Gasteiger partial charge in [-0.1, -0.05) is 20.8 Å². The second kappa shape index (κ2) is 14.9. The van der Waals surface area contributed by atoms with Gasteiger partial charge in [0.2, 0.25) is 0 Å². The number of aromatic nitrogens is 2. The van der Waals surface area contributed by atoms with Crippen LogP contribution in [-0.2, 0) is 42.9 Å². The van der Waals surface area contributed by atoms with Gasteiger partial charge in [0.1, 0.15) is 18.1 Å². The normalized spacial score (nSPS) is 21.9. The maximum atomic E-state index is 12.7. The highest BCUT2D eigenvalue weighted by atomic mass is 31.3. The molecule has 2 heterocycles. The summed E-state index contributed by atoms with van der Waals surface area (Å²) in [5.41, 5.74) is -2.75. The minimum absolute atomic E-state index is 0.114. The molecule has 2 unspecified atom stereocenters. The molecule has 0 bridgehead atoms. The topological polar surface area (TPSA) is 306 Å². The summed E-state index contributed by atoms with van der Waals surface area (Å²) in [5.74, 6) is 0.358. The van der Waals surface area contributed by atoms with Gasteiger partial charge in [-0.25, -0.2) is 18.5 Å². The lowest BCUT2D eigenvalue weighted by molar-refractivity contribution is -0.386. The number of hydrogen-bond donors (Lipinski definition) is 6. The number of aromatic amines is 1. The molecule has 0 spiro atoms. The van der Waals surface area contributed by atoms with Crippen molar-refractivity contribution in [2.45, 2.75) is 65.3 Å². The number of hydrogen-bond acceptors (Lipinski definition) is 14. The molecular weight excluding hydrogens is 699 g/mol. The summed E-state index contributed by atoms with van der Waals surface area (Å²) in [6.07, 6.45) is -4.40. The summed E-state index contributed by atoms with van der Waals surface area (Å²) in [6.45, 7) is 5.89. The average Bonchev–Trinajstić information content (AvgIpc) is 3.26. The Morgan fingerprint density at radius 3 is 2.36 bits per heavy atom. The molecule has 0 saturated carbocycles. The molecular formula is C23H34N3O18P3. The maximum Gasteiger partial charge on any atom is 0.490 e. The van der Waals surface area contributed by atoms with Crippen LogP contribution in [0.2, 0.25) is 0 Å². The van der Waals surface area contributed by atoms with E-state index in [-0.39, 0.29) is 23.2 Å². The molecule has 2 aromatic rings. The fourth-order valence-corrected chi connectivity index (χ4v) is 7.53. The van der Waals surface area contributed by atoms with Crippen LogP contribution in [0.25, 0.3) is 0 Å². The van der Waals surface area contributed by atoms with Crippen LogP contribution in [0.4, 0.5) is 5.69 Å². The van der Waals surface area contributed by atoms with Crippen molar-refractivity contribution >= 4 is 29.2 Å². The lowest BCUT2D eigenvalue weighted by Gasteiger charge is -2.31. The Hall–Kier alpha value is -2.61. The third-order valence-electron chi connectivity index (χ3n) is 6.36. The summed E-state index contributed by atoms with van der Waals surface area (Å²) in [4.78, 5) is 74.9. The van der Waals surface area contributed by atoms with Crippen molar-refractivity contribution in [2.75, 3.05) is 13.2 Å². The molecule has 0 radical (unpaired) electrons. The van der Waals surface area contributed by atoms with E-state index in [2.05, 4.69) is 18.1 Å². The van der Waals surface area contributed by atoms with Crippen LogP contribution < -0.4 is 16.0 Å². The zero-order chi connectivity index (χ0) is 35.5. The summed E-state index contributed by atoms with van der Waals surface area (Å²) in [6, 6.07) is 4.19. The first-order valence-corrected chi connectivity index (χ1v) is 18.0. The Bertz CT molecular complexity index is 1710. The van der Waals surface area contributed by atoms with Crippen LogP contribution in [0.1, 0.15) is 57.6 Å². The number of benzene rings is 1. The Labute approximate surface area is 265 Å². The third-order valence-corrected chi connectivity index (χ3v) is 10.2. The number of nitrogens with one attached hydrogen (secondary N) is 1. The Kier molecular flexibility index (Phi) is 12.3. The highest BCUT2D eigenvalue weighted by Crippen LogP contribution is 2.66. The van der Waals surface area contributed by atoms with Gasteiger partial charge in [0.05, 0.1) is 48.1 Å². The number of nitro groups is 1. The van der Waals surface area contributed by atoms with Crippen molar-refractivity contribution in [3.8, 4) is 5.75 Å². The van der Waals surface area contributed by atoms with Crippen LogP contribution in [-0.4, -0.2) is 64.6 Å². The van der Waals surface area contributed by atoms with E-state index in [4.69, 9.17) is 24.0 Å². The Balaban J connectivity index is 1.80. The van der Waals surface area contributed by atoms with Gasteiger partial charge < -0.3 is 38.9 Å². The lowest BCUT2D eigenvalue weighted by atomic mass is 9.83. The SMILES string of the molecule is CCOc1ccc([N+](=O)[O-])c([C@@H](OCc2cn([C@H]3C[C@H](O)[C@@H](COP(=O)(O)OP(=O)(O)OP(=O)(O)O)O3)c(=O)[nH]c2=O)C(C)(C)C)c1. The summed E-state index contributed by atoms with van der Waals surface area (Å²) in [7, 11) is -16.9. The monoisotopic (exact) mass is 733 g/mol. The predicted molar refractivity (Wildman–Crippen MR) is 157 cm³/mol. The van der Waals surface area contributed by atoms with Gasteiger partial charge in [-0.15, -0.1) is 0 Å². The van der Waals surface area contributed by atoms with E-state index in [1.54, 1.807) is 27.7 Å². The second-order valence-corrected chi connectivity index (χ2v) is 15.5. The number of ether oxygens (including phenoxy) is 3. The number of rotatable bonds is 15. The van der Waals surface area contributed by atoms with Gasteiger partial charge in [-0.3, -0.25) is 29.0 Å². The first kappa shape index (κ1) is 38.8. The number of aliphatic hydroxyl groups is 1. The van der Waals surface area contributed by atoms with E-state index in [9.17, 15) is 48.3 Å². The van der Waals surface area contributed by atoms with E-state index in [1.807, 2.05) is 0 Å². The van der Waals surface area contributed by atoms with E-state index in [1.165, 1.54) is 18.2 Å². The number of phosphoric ester groups is 1. The molecule has 0 amide bonds. The van der Waals surface area contributed by atoms with E-state index < -0.39 is 82.8 Å². The first-order valence-electron chi connectivity index (χ1n) is 13.5. The van der Waals surface area contributed by atoms with Gasteiger partial charge >= 0.3 is 29.2 Å². The number of nitro benzene ring substituents is 1. The summed E-state index contributed by atoms with van der Waals surface area (Å²) >= 11 is 0. The number of H-pyrrole nitrogens is 1. The molecule has 1 aromatic heterocycles. The maximum absolute atomic E-state index is 12.7. The summed E-state index contributed by atoms with van der Waals surface area (Å²) < 4.78 is 64.0. The summed E-state index contributed by atoms with van der Waals surface area (Å²) in [5, 5.41) is 22.2. The van der Waals surface area contributed by atoms with Crippen molar-refractivity contribution in [2.24, 2.45) is 5.41 Å². The fourth-order valence-electron chi connectivity index (χ4n) is 4.50. The quantitative estimate of drug-likeness (QED) is 0.0867. The van der Waals surface area contributed by atoms with Gasteiger partial charge in [0, 0.05) is 18.7 Å². The van der Waals surface area contributed by atoms with Crippen molar-refractivity contribution in [1.82, 2.24) is 9.55 Å². The third kappa shape index (κ3) is 11.0. The first-order chi connectivity index (χ1) is 21.5. The predicted octanol–water partition coefficient (Wildman–Crippen LogP) is 2.14. The molecule has 47 heavy (non-hydrogen) atoms. The van der Waals surface area contributed by atoms with E-state index >= 15 is 0 Å². The molecule has 1 aliphatic heterocycles. The molecule has 6 N–H and O–H groups in total. The van der Waals surface area contributed by atoms with E-state index in [0.717, 1.165) is 10.8 Å². The second-order valence-electron chi connectivity index (χ2n) is 11.1. The van der Waals surface area contributed by atoms with Crippen molar-refractivity contribution < 1.29 is 70.7 Å². The van der Waals surface area contributed by atoms with Crippen molar-refractivity contribution in [1.29, 1.82) is 0 Å². The molecule has 1 saturated heterocycles. The lowest BCUT2D eigenvalue weighted by Crippen LogP contribution is -2.35. The van der Waals surface area contributed by atoms with Crippen molar-refractivity contribution in [3.05, 3.63) is 66.5 Å². The highest BCUT2D eigenvalue weighted by Gasteiger charge is 2.43. The number of nitrogens with zero attached hydrogens (tertiary/aromatic N) is 2. The van der Waals surface area contributed by atoms with Gasteiger partial charge in [-0.05, 0) is 24.5 Å². The minimum atomic E-state index is -5.78. The zero-order valence-electron chi connectivity index (χ0n) is 25.2. The van der Waals surface area contributed by atoms with Gasteiger partial charge in [0.15, 0.2) is 0 Å². The fraction of sp³-hybridized carbons (Fsp3) is 0.565. The van der Waals surface area contributed by atoms with Gasteiger partial charge in [0.25, 0.3) is 11.2 Å². The standard InChI is InChI=1S/C23H34N3O18P3/c1-5-39-14-6-7-16(26(30)31)15(8-14)20(23(2,3)4)40-11-13-10-25(22(29)24-21(13)28)19-9-17(27)18(42-19)12-41-46(35,36)44-47(37,38)43-45(32,33)34/h6-8,10,17-20,27H,5,9,11-12H2,1-4H3,(H,35,36)(H,37,38)(H,24,28,29)(H2,32,33,34)/t17-,18+,19+,20+/m0/s1. The molecule has 21 nitrogen and oxygen atoms in total. The van der Waals surface area contributed by atoms with Gasteiger partial charge in [-0.2, -0.15) is 8.62 Å². The Morgan fingerprint density at radius 2 is 1.79 bits per heavy atom. The molecule has 264 valence electrons. The molecule has 24 heteroatoms. The van der Waals surface area contributed by atoms with E-state index in [0.29, 0.717) is 12.4 Å².